The predicted molar refractivity (Wildman–Crippen MR) is 61.3 cm³/mol. The van der Waals surface area contributed by atoms with E-state index in [0.717, 1.165) is 0 Å². The molecule has 0 atom stereocenters. The van der Waals surface area contributed by atoms with Crippen molar-refractivity contribution in [2.24, 2.45) is 5.73 Å². The van der Waals surface area contributed by atoms with Gasteiger partial charge in [-0.25, -0.2) is 4.98 Å². The van der Waals surface area contributed by atoms with Crippen molar-refractivity contribution in [2.45, 2.75) is 19.4 Å². The lowest BCUT2D eigenvalue weighted by Gasteiger charge is -2.18. The van der Waals surface area contributed by atoms with Crippen LogP contribution in [0.1, 0.15) is 13.8 Å². The van der Waals surface area contributed by atoms with Gasteiger partial charge in [-0.15, -0.1) is 0 Å². The molecule has 1 heterocycles. The smallest absolute Gasteiger partial charge is 0.268 e. The molecule has 1 aromatic rings. The van der Waals surface area contributed by atoms with Gasteiger partial charge in [-0.1, -0.05) is 0 Å². The Bertz CT molecular complexity index is 370. The van der Waals surface area contributed by atoms with Crippen LogP contribution >= 0.6 is 22.6 Å². The highest BCUT2D eigenvalue weighted by Gasteiger charge is 2.14. The number of halogens is 1. The van der Waals surface area contributed by atoms with Crippen LogP contribution in [0.3, 0.4) is 0 Å². The molecule has 0 aliphatic carbocycles. The van der Waals surface area contributed by atoms with Gasteiger partial charge in [0.1, 0.15) is 10.2 Å². The van der Waals surface area contributed by atoms with E-state index in [1.807, 2.05) is 36.4 Å². The van der Waals surface area contributed by atoms with Gasteiger partial charge in [0.15, 0.2) is 0 Å². The van der Waals surface area contributed by atoms with Gasteiger partial charge in [-0.2, -0.15) is 0 Å². The molecule has 0 unspecified atom stereocenters. The largest absolute Gasteiger partial charge is 0.475 e. The van der Waals surface area contributed by atoms with Crippen LogP contribution in [0, 0.1) is 3.57 Å². The molecule has 0 aliphatic heterocycles. The van der Waals surface area contributed by atoms with Crippen molar-refractivity contribution < 1.29 is 4.74 Å². The van der Waals surface area contributed by atoms with Gasteiger partial charge in [0.2, 0.25) is 5.88 Å². The fourth-order valence-electron chi connectivity index (χ4n) is 0.722. The molecular formula is C8H12IN3O2. The topological polar surface area (TPSA) is 81.0 Å². The predicted octanol–water partition coefficient (Wildman–Crippen LogP) is 0.491. The molecule has 6 heteroatoms. The molecule has 1 rings (SSSR count). The number of nitrogens with zero attached hydrogens (tertiary/aromatic N) is 1. The molecule has 3 N–H and O–H groups in total. The van der Waals surface area contributed by atoms with Gasteiger partial charge < -0.3 is 15.5 Å². The summed E-state index contributed by atoms with van der Waals surface area (Å²) in [6, 6.07) is 0. The van der Waals surface area contributed by atoms with E-state index in [1.165, 1.54) is 6.33 Å². The molecular weight excluding hydrogens is 297 g/mol. The summed E-state index contributed by atoms with van der Waals surface area (Å²) in [5.41, 5.74) is 5.09. The second-order valence-electron chi connectivity index (χ2n) is 3.63. The van der Waals surface area contributed by atoms with Crippen molar-refractivity contribution >= 4 is 22.6 Å². The monoisotopic (exact) mass is 309 g/mol. The first kappa shape index (κ1) is 11.4. The van der Waals surface area contributed by atoms with Gasteiger partial charge in [0.25, 0.3) is 5.56 Å². The summed E-state index contributed by atoms with van der Waals surface area (Å²) in [6.07, 6.45) is 1.31. The van der Waals surface area contributed by atoms with Gasteiger partial charge in [-0.3, -0.25) is 4.79 Å². The Kier molecular flexibility index (Phi) is 3.48. The maximum Gasteiger partial charge on any atom is 0.268 e. The van der Waals surface area contributed by atoms with Crippen LogP contribution < -0.4 is 16.0 Å². The van der Waals surface area contributed by atoms with Gasteiger partial charge in [0.05, 0.1) is 6.33 Å². The highest BCUT2D eigenvalue weighted by atomic mass is 127. The number of hydrogen-bond donors (Lipinski definition) is 2. The summed E-state index contributed by atoms with van der Waals surface area (Å²) < 4.78 is 5.76. The second kappa shape index (κ2) is 4.26. The average molecular weight is 309 g/mol. The molecule has 0 bridgehead atoms. The minimum Gasteiger partial charge on any atom is -0.475 e. The van der Waals surface area contributed by atoms with Crippen LogP contribution in [0.15, 0.2) is 11.1 Å². The van der Waals surface area contributed by atoms with Crippen molar-refractivity contribution in [3.63, 3.8) is 0 Å². The maximum absolute atomic E-state index is 11.2. The molecule has 14 heavy (non-hydrogen) atoms. The first-order chi connectivity index (χ1) is 6.40. The van der Waals surface area contributed by atoms with E-state index in [1.54, 1.807) is 0 Å². The number of rotatable bonds is 3. The average Bonchev–Trinajstić information content (AvgIpc) is 2.06. The van der Waals surface area contributed by atoms with E-state index >= 15 is 0 Å². The zero-order valence-electron chi connectivity index (χ0n) is 8.00. The normalized spacial score (nSPS) is 11.4. The summed E-state index contributed by atoms with van der Waals surface area (Å²) in [5.74, 6) is 0.327. The third-order valence-corrected chi connectivity index (χ3v) is 2.30. The van der Waals surface area contributed by atoms with Gasteiger partial charge >= 0.3 is 0 Å². The first-order valence-corrected chi connectivity index (χ1v) is 5.13. The molecule has 0 spiro atoms. The maximum atomic E-state index is 11.2. The van der Waals surface area contributed by atoms with Crippen LogP contribution in [0.2, 0.25) is 0 Å². The Morgan fingerprint density at radius 3 is 2.93 bits per heavy atom. The quantitative estimate of drug-likeness (QED) is 0.796. The number of H-pyrrole nitrogens is 1. The molecule has 0 aliphatic rings. The molecule has 5 nitrogen and oxygen atoms in total. The van der Waals surface area contributed by atoms with E-state index in [4.69, 9.17) is 10.5 Å². The molecule has 0 aromatic carbocycles. The number of aromatic nitrogens is 2. The Labute approximate surface area is 95.2 Å². The Morgan fingerprint density at radius 2 is 2.36 bits per heavy atom. The Hall–Kier alpha value is -0.630. The van der Waals surface area contributed by atoms with Crippen LogP contribution in [-0.4, -0.2) is 22.1 Å². The van der Waals surface area contributed by atoms with Crippen LogP contribution in [0.5, 0.6) is 5.88 Å². The van der Waals surface area contributed by atoms with E-state index in [-0.39, 0.29) is 5.56 Å². The number of nitrogens with one attached hydrogen (secondary N) is 1. The van der Waals surface area contributed by atoms with E-state index < -0.39 is 5.54 Å². The summed E-state index contributed by atoms with van der Waals surface area (Å²) in [6.45, 7) is 4.00. The molecule has 0 fully saturated rings. The van der Waals surface area contributed by atoms with E-state index in [2.05, 4.69) is 9.97 Å². The highest BCUT2D eigenvalue weighted by Crippen LogP contribution is 2.12. The minimum absolute atomic E-state index is 0.203. The third-order valence-electron chi connectivity index (χ3n) is 1.35. The third kappa shape index (κ3) is 3.26. The molecule has 0 amide bonds. The fraction of sp³-hybridized carbons (Fsp3) is 0.500. The van der Waals surface area contributed by atoms with Crippen LogP contribution in [0.25, 0.3) is 0 Å². The van der Waals surface area contributed by atoms with Crippen LogP contribution in [-0.2, 0) is 0 Å². The highest BCUT2D eigenvalue weighted by molar-refractivity contribution is 14.1. The van der Waals surface area contributed by atoms with Gasteiger partial charge in [-0.05, 0) is 36.4 Å². The lowest BCUT2D eigenvalue weighted by Crippen LogP contribution is -2.39. The van der Waals surface area contributed by atoms with Crippen molar-refractivity contribution in [3.05, 3.63) is 20.3 Å². The van der Waals surface area contributed by atoms with E-state index in [9.17, 15) is 4.79 Å². The fourth-order valence-corrected chi connectivity index (χ4v) is 1.17. The molecule has 0 saturated heterocycles. The number of aromatic amines is 1. The summed E-state index contributed by atoms with van der Waals surface area (Å²) in [5, 5.41) is 0. The van der Waals surface area contributed by atoms with Crippen molar-refractivity contribution in [1.29, 1.82) is 0 Å². The molecule has 0 radical (unpaired) electrons. The number of hydrogen-bond acceptors (Lipinski definition) is 4. The van der Waals surface area contributed by atoms with Crippen LogP contribution in [0.4, 0.5) is 0 Å². The molecule has 78 valence electrons. The SMILES string of the molecule is CC(C)(N)COc1nc[nH]c(=O)c1I. The summed E-state index contributed by atoms with van der Waals surface area (Å²) in [4.78, 5) is 17.5. The lowest BCUT2D eigenvalue weighted by atomic mass is 10.1. The Morgan fingerprint density at radius 1 is 1.71 bits per heavy atom. The zero-order chi connectivity index (χ0) is 10.8. The first-order valence-electron chi connectivity index (χ1n) is 4.05. The number of nitrogens with two attached hydrogens (primary N) is 1. The van der Waals surface area contributed by atoms with E-state index in [0.29, 0.717) is 16.1 Å². The van der Waals surface area contributed by atoms with Gasteiger partial charge in [0, 0.05) is 5.54 Å². The van der Waals surface area contributed by atoms with Crippen molar-refractivity contribution in [2.75, 3.05) is 6.61 Å². The molecule has 0 saturated carbocycles. The summed E-state index contributed by atoms with van der Waals surface area (Å²) >= 11 is 1.88. The molecule has 1 aromatic heterocycles. The van der Waals surface area contributed by atoms with Crippen molar-refractivity contribution in [1.82, 2.24) is 9.97 Å². The summed E-state index contributed by atoms with van der Waals surface area (Å²) in [7, 11) is 0. The second-order valence-corrected chi connectivity index (χ2v) is 4.71. The standard InChI is InChI=1S/C8H12IN3O2/c1-8(2,10)3-14-7-5(9)6(13)11-4-12-7/h4H,3,10H2,1-2H3,(H,11,12,13). The number of ether oxygens (including phenoxy) is 1. The lowest BCUT2D eigenvalue weighted by molar-refractivity contribution is 0.233. The Balaban J connectivity index is 2.78. The zero-order valence-corrected chi connectivity index (χ0v) is 10.2. The minimum atomic E-state index is -0.437. The van der Waals surface area contributed by atoms with Crippen molar-refractivity contribution in [3.8, 4) is 5.88 Å².